The van der Waals surface area contributed by atoms with Crippen LogP contribution in [0.3, 0.4) is 0 Å². The Kier molecular flexibility index (Phi) is 14.2. The summed E-state index contributed by atoms with van der Waals surface area (Å²) in [5.41, 5.74) is 0. The molecular formula is C19H36O2S. The fraction of sp³-hybridized carbons (Fsp3) is 0.947. The first-order valence-corrected chi connectivity index (χ1v) is 10.8. The monoisotopic (exact) mass is 328 g/mol. The molecule has 0 aromatic carbocycles. The van der Waals surface area contributed by atoms with Gasteiger partial charge in [0.15, 0.2) is 0 Å². The summed E-state index contributed by atoms with van der Waals surface area (Å²) in [4.78, 5) is 11.6. The van der Waals surface area contributed by atoms with Gasteiger partial charge in [-0.15, -0.1) is 0 Å². The highest BCUT2D eigenvalue weighted by Gasteiger charge is 2.02. The van der Waals surface area contributed by atoms with Crippen LogP contribution in [0.1, 0.15) is 96.3 Å². The molecule has 0 atom stereocenters. The van der Waals surface area contributed by atoms with Crippen LogP contribution >= 0.6 is 11.8 Å². The normalized spacial score (nSPS) is 23.2. The highest BCUT2D eigenvalue weighted by Crippen LogP contribution is 2.14. The van der Waals surface area contributed by atoms with Gasteiger partial charge in [-0.05, 0) is 37.2 Å². The lowest BCUT2D eigenvalue weighted by molar-refractivity contribution is -0.143. The second-order valence-corrected chi connectivity index (χ2v) is 7.76. The topological polar surface area (TPSA) is 26.3 Å². The molecule has 0 N–H and O–H groups in total. The molecule has 2 nitrogen and oxygen atoms in total. The minimum absolute atomic E-state index is 0.0125. The summed E-state index contributed by atoms with van der Waals surface area (Å²) in [7, 11) is 0. The van der Waals surface area contributed by atoms with E-state index >= 15 is 0 Å². The van der Waals surface area contributed by atoms with E-state index < -0.39 is 0 Å². The first-order chi connectivity index (χ1) is 10.9. The number of hydrogen-bond acceptors (Lipinski definition) is 3. The van der Waals surface area contributed by atoms with Gasteiger partial charge in [-0.1, -0.05) is 64.2 Å². The van der Waals surface area contributed by atoms with Gasteiger partial charge in [-0.3, -0.25) is 4.79 Å². The van der Waals surface area contributed by atoms with Crippen LogP contribution in [0.25, 0.3) is 0 Å². The zero-order chi connectivity index (χ0) is 15.7. The first-order valence-electron chi connectivity index (χ1n) is 9.63. The van der Waals surface area contributed by atoms with Crippen LogP contribution in [0.2, 0.25) is 0 Å². The molecule has 1 rings (SSSR count). The van der Waals surface area contributed by atoms with Gasteiger partial charge in [-0.2, -0.15) is 11.8 Å². The highest BCUT2D eigenvalue weighted by molar-refractivity contribution is 7.99. The van der Waals surface area contributed by atoms with Crippen molar-refractivity contribution < 1.29 is 9.53 Å². The van der Waals surface area contributed by atoms with Crippen molar-refractivity contribution in [1.82, 2.24) is 0 Å². The molecule has 0 radical (unpaired) electrons. The smallest absolute Gasteiger partial charge is 0.305 e. The SMILES string of the molecule is O=C1CCCCCCCCCCCCCCSCCCCO1. The molecule has 0 aromatic heterocycles. The van der Waals surface area contributed by atoms with Crippen molar-refractivity contribution in [1.29, 1.82) is 0 Å². The van der Waals surface area contributed by atoms with Crippen molar-refractivity contribution in [3.8, 4) is 0 Å². The Morgan fingerprint density at radius 3 is 1.64 bits per heavy atom. The third-order valence-corrected chi connectivity index (χ3v) is 5.52. The van der Waals surface area contributed by atoms with Gasteiger partial charge in [0.1, 0.15) is 0 Å². The van der Waals surface area contributed by atoms with Gasteiger partial charge < -0.3 is 4.74 Å². The Bertz CT molecular complexity index is 232. The van der Waals surface area contributed by atoms with Crippen LogP contribution in [0, 0.1) is 0 Å². The quantitative estimate of drug-likeness (QED) is 0.500. The predicted molar refractivity (Wildman–Crippen MR) is 97.5 cm³/mol. The third kappa shape index (κ3) is 13.5. The predicted octanol–water partition coefficient (Wildman–Crippen LogP) is 6.13. The van der Waals surface area contributed by atoms with Gasteiger partial charge in [-0.25, -0.2) is 0 Å². The Morgan fingerprint density at radius 1 is 0.591 bits per heavy atom. The molecular weight excluding hydrogens is 292 g/mol. The Labute approximate surface area is 142 Å². The van der Waals surface area contributed by atoms with Gasteiger partial charge in [0.05, 0.1) is 6.61 Å². The van der Waals surface area contributed by atoms with E-state index in [1.807, 2.05) is 0 Å². The third-order valence-electron chi connectivity index (χ3n) is 4.37. The summed E-state index contributed by atoms with van der Waals surface area (Å²) in [5.74, 6) is 2.54. The first kappa shape index (κ1) is 19.9. The van der Waals surface area contributed by atoms with Crippen LogP contribution in [0.15, 0.2) is 0 Å². The number of ether oxygens (including phenoxy) is 1. The van der Waals surface area contributed by atoms with E-state index in [1.165, 1.54) is 88.6 Å². The maximum absolute atomic E-state index is 11.6. The van der Waals surface area contributed by atoms with Crippen LogP contribution < -0.4 is 0 Å². The van der Waals surface area contributed by atoms with Crippen molar-refractivity contribution in [2.24, 2.45) is 0 Å². The summed E-state index contributed by atoms with van der Waals surface area (Å²) in [6.45, 7) is 0.624. The largest absolute Gasteiger partial charge is 0.466 e. The van der Waals surface area contributed by atoms with E-state index in [2.05, 4.69) is 11.8 Å². The number of carbonyl (C=O) groups is 1. The molecule has 130 valence electrons. The van der Waals surface area contributed by atoms with Crippen LogP contribution in [-0.4, -0.2) is 24.1 Å². The van der Waals surface area contributed by atoms with Gasteiger partial charge in [0, 0.05) is 6.42 Å². The Hall–Kier alpha value is -0.180. The fourth-order valence-electron chi connectivity index (χ4n) is 2.91. The summed E-state index contributed by atoms with van der Waals surface area (Å²) < 4.78 is 5.29. The summed E-state index contributed by atoms with van der Waals surface area (Å²) in [6.07, 6.45) is 18.9. The molecule has 1 heterocycles. The van der Waals surface area contributed by atoms with E-state index in [0.29, 0.717) is 13.0 Å². The maximum Gasteiger partial charge on any atom is 0.305 e. The van der Waals surface area contributed by atoms with E-state index in [-0.39, 0.29) is 5.97 Å². The van der Waals surface area contributed by atoms with Crippen molar-refractivity contribution in [3.05, 3.63) is 0 Å². The molecule has 0 bridgehead atoms. The fourth-order valence-corrected chi connectivity index (χ4v) is 3.93. The van der Waals surface area contributed by atoms with E-state index in [4.69, 9.17) is 4.74 Å². The van der Waals surface area contributed by atoms with Crippen molar-refractivity contribution in [2.45, 2.75) is 96.3 Å². The van der Waals surface area contributed by atoms with Crippen molar-refractivity contribution in [2.75, 3.05) is 18.1 Å². The molecule has 1 aliphatic rings. The number of thioether (sulfide) groups is 1. The second kappa shape index (κ2) is 15.7. The van der Waals surface area contributed by atoms with Gasteiger partial charge in [0.2, 0.25) is 0 Å². The second-order valence-electron chi connectivity index (χ2n) is 6.53. The molecule has 1 fully saturated rings. The number of rotatable bonds is 0. The summed E-state index contributed by atoms with van der Waals surface area (Å²) in [6, 6.07) is 0. The lowest BCUT2D eigenvalue weighted by Crippen LogP contribution is -2.05. The Balaban J connectivity index is 2.09. The van der Waals surface area contributed by atoms with E-state index in [0.717, 1.165) is 12.8 Å². The molecule has 3 heteroatoms. The van der Waals surface area contributed by atoms with Crippen LogP contribution in [0.4, 0.5) is 0 Å². The van der Waals surface area contributed by atoms with Crippen LogP contribution in [0.5, 0.6) is 0 Å². The maximum atomic E-state index is 11.6. The lowest BCUT2D eigenvalue weighted by Gasteiger charge is -2.05. The molecule has 0 unspecified atom stereocenters. The van der Waals surface area contributed by atoms with Gasteiger partial charge >= 0.3 is 5.97 Å². The highest BCUT2D eigenvalue weighted by atomic mass is 32.2. The summed E-state index contributed by atoms with van der Waals surface area (Å²) in [5, 5.41) is 0. The molecule has 0 amide bonds. The Morgan fingerprint density at radius 2 is 1.05 bits per heavy atom. The van der Waals surface area contributed by atoms with E-state index in [1.54, 1.807) is 0 Å². The number of hydrogen-bond donors (Lipinski definition) is 0. The molecule has 1 saturated heterocycles. The van der Waals surface area contributed by atoms with Crippen molar-refractivity contribution >= 4 is 17.7 Å². The van der Waals surface area contributed by atoms with Crippen LogP contribution in [-0.2, 0) is 9.53 Å². The number of esters is 1. The summed E-state index contributed by atoms with van der Waals surface area (Å²) >= 11 is 2.07. The zero-order valence-electron chi connectivity index (χ0n) is 14.5. The standard InChI is InChI=1S/C19H36O2S/c20-19-15-11-9-7-5-3-1-2-4-6-8-10-13-17-22-18-14-12-16-21-19/h1-18H2. The van der Waals surface area contributed by atoms with E-state index in [9.17, 15) is 4.79 Å². The lowest BCUT2D eigenvalue weighted by atomic mass is 10.0. The minimum atomic E-state index is 0.0125. The molecule has 0 saturated carbocycles. The average molecular weight is 329 g/mol. The molecule has 22 heavy (non-hydrogen) atoms. The number of cyclic esters (lactones) is 1. The van der Waals surface area contributed by atoms with Crippen molar-refractivity contribution in [3.63, 3.8) is 0 Å². The minimum Gasteiger partial charge on any atom is -0.466 e. The average Bonchev–Trinajstić information content (AvgIpc) is 2.52. The molecule has 0 spiro atoms. The molecule has 0 aromatic rings. The molecule has 1 aliphatic heterocycles. The zero-order valence-corrected chi connectivity index (χ0v) is 15.3. The number of carbonyl (C=O) groups excluding carboxylic acids is 1. The molecule has 0 aliphatic carbocycles. The van der Waals surface area contributed by atoms with Gasteiger partial charge in [0.25, 0.3) is 0 Å².